The Bertz CT molecular complexity index is 900. The molecule has 3 N–H and O–H groups in total. The van der Waals surface area contributed by atoms with Crippen molar-refractivity contribution >= 4 is 11.6 Å². The maximum absolute atomic E-state index is 12.5. The highest BCUT2D eigenvalue weighted by molar-refractivity contribution is 6.32. The van der Waals surface area contributed by atoms with Gasteiger partial charge in [0.05, 0.1) is 29.0 Å². The first-order valence-corrected chi connectivity index (χ1v) is 10.7. The van der Waals surface area contributed by atoms with Crippen LogP contribution >= 0.6 is 11.6 Å². The summed E-state index contributed by atoms with van der Waals surface area (Å²) < 4.78 is 39.2. The van der Waals surface area contributed by atoms with Gasteiger partial charge in [0.25, 0.3) is 0 Å². The Balaban J connectivity index is 1.53. The smallest absolute Gasteiger partial charge is 0.319 e. The fourth-order valence-electron chi connectivity index (χ4n) is 4.11. The van der Waals surface area contributed by atoms with Crippen LogP contribution in [0.1, 0.15) is 50.0 Å². The molecule has 2 aliphatic rings. The van der Waals surface area contributed by atoms with E-state index in [2.05, 4.69) is 15.4 Å². The second-order valence-electron chi connectivity index (χ2n) is 8.59. The van der Waals surface area contributed by atoms with Crippen molar-refractivity contribution in [3.05, 3.63) is 28.9 Å². The molecule has 4 rings (SSSR count). The van der Waals surface area contributed by atoms with E-state index in [0.29, 0.717) is 48.1 Å². The van der Waals surface area contributed by atoms with Gasteiger partial charge in [-0.05, 0) is 50.9 Å². The van der Waals surface area contributed by atoms with Crippen LogP contribution in [-0.4, -0.2) is 38.5 Å². The van der Waals surface area contributed by atoms with Gasteiger partial charge in [-0.2, -0.15) is 18.3 Å². The van der Waals surface area contributed by atoms with Crippen molar-refractivity contribution in [3.8, 4) is 11.3 Å². The molecule has 0 aliphatic heterocycles. The van der Waals surface area contributed by atoms with Crippen molar-refractivity contribution in [2.45, 2.75) is 62.7 Å². The Morgan fingerprint density at radius 1 is 1.23 bits per heavy atom. The van der Waals surface area contributed by atoms with Gasteiger partial charge in [0.15, 0.2) is 0 Å². The van der Waals surface area contributed by atoms with Crippen LogP contribution in [0.3, 0.4) is 0 Å². The largest absolute Gasteiger partial charge is 0.401 e. The lowest BCUT2D eigenvalue weighted by molar-refractivity contribution is -0.126. The quantitative estimate of drug-likeness (QED) is 0.712. The molecule has 2 fully saturated rings. The highest BCUT2D eigenvalue weighted by Crippen LogP contribution is 2.38. The zero-order chi connectivity index (χ0) is 21.5. The molecule has 164 valence electrons. The predicted octanol–water partition coefficient (Wildman–Crippen LogP) is 3.73. The zero-order valence-corrected chi connectivity index (χ0v) is 17.6. The van der Waals surface area contributed by atoms with Gasteiger partial charge in [-0.15, -0.1) is 0 Å². The summed E-state index contributed by atoms with van der Waals surface area (Å²) >= 11 is 6.44. The lowest BCUT2D eigenvalue weighted by Gasteiger charge is -2.36. The van der Waals surface area contributed by atoms with Crippen LogP contribution in [0, 0.1) is 5.92 Å². The minimum absolute atomic E-state index is 0.210. The first kappa shape index (κ1) is 21.5. The molecule has 2 aliphatic carbocycles. The molecule has 30 heavy (non-hydrogen) atoms. The number of rotatable bonds is 6. The van der Waals surface area contributed by atoms with Crippen molar-refractivity contribution in [1.29, 1.82) is 0 Å². The third kappa shape index (κ3) is 4.78. The number of hydrogen-bond acceptors (Lipinski definition) is 5. The number of nitrogens with zero attached hydrogens (tertiary/aromatic N) is 4. The minimum atomic E-state index is -4.21. The van der Waals surface area contributed by atoms with Gasteiger partial charge in [0, 0.05) is 30.5 Å². The summed E-state index contributed by atoms with van der Waals surface area (Å²) in [6.07, 6.45) is 4.59. The van der Waals surface area contributed by atoms with Gasteiger partial charge in [0.2, 0.25) is 0 Å². The third-order valence-electron chi connectivity index (χ3n) is 6.15. The third-order valence-corrected chi connectivity index (χ3v) is 6.43. The summed E-state index contributed by atoms with van der Waals surface area (Å²) in [6.45, 7) is -0.985. The maximum Gasteiger partial charge on any atom is 0.401 e. The van der Waals surface area contributed by atoms with E-state index in [0.717, 1.165) is 17.7 Å². The average molecular weight is 443 g/mol. The van der Waals surface area contributed by atoms with Gasteiger partial charge < -0.3 is 11.1 Å². The zero-order valence-electron chi connectivity index (χ0n) is 16.8. The Hall–Kier alpha value is -1.71. The van der Waals surface area contributed by atoms with Crippen LogP contribution in [0.25, 0.3) is 11.3 Å². The first-order valence-electron chi connectivity index (χ1n) is 10.3. The SMILES string of the molecule is Cn1ncc(-c2nc(C3(N)CCC(NCC(F)(F)F)CC3)ncc2Cl)c1CC1CC1. The summed E-state index contributed by atoms with van der Waals surface area (Å²) in [5, 5.41) is 7.41. The van der Waals surface area contributed by atoms with Crippen molar-refractivity contribution in [3.63, 3.8) is 0 Å². The molecular formula is C20H26ClF3N6. The summed E-state index contributed by atoms with van der Waals surface area (Å²) in [4.78, 5) is 9.11. The van der Waals surface area contributed by atoms with Gasteiger partial charge >= 0.3 is 6.18 Å². The molecule has 0 radical (unpaired) electrons. The van der Waals surface area contributed by atoms with Crippen LogP contribution in [0.2, 0.25) is 5.02 Å². The number of nitrogens with two attached hydrogens (primary N) is 1. The number of aromatic nitrogens is 4. The van der Waals surface area contributed by atoms with Gasteiger partial charge in [0.1, 0.15) is 5.82 Å². The molecule has 6 nitrogen and oxygen atoms in total. The normalized spacial score (nSPS) is 24.9. The monoisotopic (exact) mass is 442 g/mol. The van der Waals surface area contributed by atoms with Crippen LogP contribution in [0.5, 0.6) is 0 Å². The van der Waals surface area contributed by atoms with Gasteiger partial charge in [-0.3, -0.25) is 4.68 Å². The fourth-order valence-corrected chi connectivity index (χ4v) is 4.31. The van der Waals surface area contributed by atoms with Crippen LogP contribution in [0.15, 0.2) is 12.4 Å². The summed E-state index contributed by atoms with van der Waals surface area (Å²) in [5.41, 5.74) is 8.44. The Kier molecular flexibility index (Phi) is 5.80. The highest BCUT2D eigenvalue weighted by atomic mass is 35.5. The number of nitrogens with one attached hydrogen (secondary N) is 1. The van der Waals surface area contributed by atoms with Crippen molar-refractivity contribution in [2.75, 3.05) is 6.54 Å². The molecule has 2 aromatic heterocycles. The van der Waals surface area contributed by atoms with E-state index in [-0.39, 0.29) is 6.04 Å². The highest BCUT2D eigenvalue weighted by Gasteiger charge is 2.38. The molecule has 2 aromatic rings. The Morgan fingerprint density at radius 2 is 1.93 bits per heavy atom. The van der Waals surface area contributed by atoms with E-state index in [1.54, 1.807) is 12.4 Å². The summed E-state index contributed by atoms with van der Waals surface area (Å²) in [7, 11) is 1.91. The number of halogens is 4. The maximum atomic E-state index is 12.5. The Morgan fingerprint density at radius 3 is 2.57 bits per heavy atom. The topological polar surface area (TPSA) is 81.7 Å². The summed E-state index contributed by atoms with van der Waals surface area (Å²) in [6, 6.07) is -0.210. The molecular weight excluding hydrogens is 417 g/mol. The van der Waals surface area contributed by atoms with Gasteiger partial charge in [-0.25, -0.2) is 9.97 Å². The molecule has 0 unspecified atom stereocenters. The van der Waals surface area contributed by atoms with E-state index in [9.17, 15) is 13.2 Å². The van der Waals surface area contributed by atoms with E-state index in [1.807, 2.05) is 11.7 Å². The molecule has 2 heterocycles. The molecule has 0 bridgehead atoms. The average Bonchev–Trinajstić information content (AvgIpc) is 3.44. The predicted molar refractivity (Wildman–Crippen MR) is 108 cm³/mol. The lowest BCUT2D eigenvalue weighted by Crippen LogP contribution is -2.47. The van der Waals surface area contributed by atoms with Crippen LogP contribution < -0.4 is 11.1 Å². The first-order chi connectivity index (χ1) is 14.1. The molecule has 10 heteroatoms. The fraction of sp³-hybridized carbons (Fsp3) is 0.650. The van der Waals surface area contributed by atoms with Crippen molar-refractivity contribution < 1.29 is 13.2 Å². The molecule has 0 spiro atoms. The van der Waals surface area contributed by atoms with Crippen molar-refractivity contribution in [1.82, 2.24) is 25.1 Å². The minimum Gasteiger partial charge on any atom is -0.319 e. The number of alkyl halides is 3. The molecule has 0 atom stereocenters. The lowest BCUT2D eigenvalue weighted by atomic mass is 9.79. The van der Waals surface area contributed by atoms with Gasteiger partial charge in [-0.1, -0.05) is 11.6 Å². The second-order valence-corrected chi connectivity index (χ2v) is 9.00. The van der Waals surface area contributed by atoms with Crippen molar-refractivity contribution in [2.24, 2.45) is 18.7 Å². The Labute approximate surface area is 178 Å². The molecule has 0 aromatic carbocycles. The molecule has 2 saturated carbocycles. The van der Waals surface area contributed by atoms with E-state index in [4.69, 9.17) is 22.3 Å². The van der Waals surface area contributed by atoms with E-state index < -0.39 is 18.3 Å². The van der Waals surface area contributed by atoms with E-state index in [1.165, 1.54) is 12.8 Å². The second kappa shape index (κ2) is 8.09. The summed E-state index contributed by atoms with van der Waals surface area (Å²) in [5.74, 6) is 1.16. The molecule has 0 saturated heterocycles. The molecule has 0 amide bonds. The standard InChI is InChI=1S/C20H26ClF3N6/c1-30-16(8-12-2-3-12)14(9-28-30)17-15(21)10-26-18(29-17)19(25)6-4-13(5-7-19)27-11-20(22,23)24/h9-10,12-13,27H,2-8,11,25H2,1H3. The number of aryl methyl sites for hydroxylation is 1. The van der Waals surface area contributed by atoms with Crippen LogP contribution in [0.4, 0.5) is 13.2 Å². The number of hydrogen-bond donors (Lipinski definition) is 2. The van der Waals surface area contributed by atoms with E-state index >= 15 is 0 Å². The van der Waals surface area contributed by atoms with Crippen LogP contribution in [-0.2, 0) is 19.0 Å².